The minimum atomic E-state index is -0.361. The molecule has 0 amide bonds. The number of halogens is 2. The first-order valence-electron chi connectivity index (χ1n) is 4.89. The van der Waals surface area contributed by atoms with Crippen molar-refractivity contribution in [2.45, 2.75) is 24.3 Å². The summed E-state index contributed by atoms with van der Waals surface area (Å²) in [6.45, 7) is 2.85. The van der Waals surface area contributed by atoms with Crippen LogP contribution in [0.5, 0.6) is 0 Å². The van der Waals surface area contributed by atoms with Crippen LogP contribution in [0.15, 0.2) is 18.2 Å². The molecule has 0 aliphatic heterocycles. The topological polar surface area (TPSA) is 26.0 Å². The summed E-state index contributed by atoms with van der Waals surface area (Å²) >= 11 is 7.49. The predicted octanol–water partition coefficient (Wildman–Crippen LogP) is 3.45. The Morgan fingerprint density at radius 2 is 2.27 bits per heavy atom. The Labute approximate surface area is 99.2 Å². The zero-order valence-electron chi connectivity index (χ0n) is 8.67. The minimum absolute atomic E-state index is 0.194. The molecule has 0 aromatic heterocycles. The molecular weight excluding hydrogens is 233 g/mol. The Hall–Kier alpha value is -0.250. The van der Waals surface area contributed by atoms with Gasteiger partial charge in [-0.3, -0.25) is 0 Å². The molecular formula is C11H15ClFNS. The lowest BCUT2D eigenvalue weighted by molar-refractivity contribution is 0.628. The van der Waals surface area contributed by atoms with E-state index in [2.05, 4.69) is 6.92 Å². The minimum Gasteiger partial charge on any atom is -0.330 e. The molecule has 0 bridgehead atoms. The average molecular weight is 248 g/mol. The van der Waals surface area contributed by atoms with Gasteiger partial charge in [0.25, 0.3) is 0 Å². The van der Waals surface area contributed by atoms with Gasteiger partial charge in [-0.15, -0.1) is 0 Å². The average Bonchev–Trinajstić information content (AvgIpc) is 2.20. The highest BCUT2D eigenvalue weighted by atomic mass is 35.5. The summed E-state index contributed by atoms with van der Waals surface area (Å²) in [5.41, 5.74) is 6.51. The predicted molar refractivity (Wildman–Crippen MR) is 65.8 cm³/mol. The normalized spacial score (nSPS) is 12.8. The van der Waals surface area contributed by atoms with Crippen molar-refractivity contribution in [2.75, 3.05) is 6.54 Å². The van der Waals surface area contributed by atoms with Gasteiger partial charge in [0.15, 0.2) is 0 Å². The Balaban J connectivity index is 2.47. The van der Waals surface area contributed by atoms with Crippen LogP contribution in [0.2, 0.25) is 5.02 Å². The monoisotopic (exact) mass is 247 g/mol. The number of thioether (sulfide) groups is 1. The Kier molecular flexibility index (Phi) is 5.43. The van der Waals surface area contributed by atoms with Gasteiger partial charge in [-0.05, 0) is 30.7 Å². The highest BCUT2D eigenvalue weighted by molar-refractivity contribution is 7.99. The molecule has 0 saturated carbocycles. The van der Waals surface area contributed by atoms with E-state index in [0.29, 0.717) is 11.8 Å². The largest absolute Gasteiger partial charge is 0.330 e. The van der Waals surface area contributed by atoms with Crippen molar-refractivity contribution < 1.29 is 4.39 Å². The molecule has 0 radical (unpaired) electrons. The van der Waals surface area contributed by atoms with Crippen LogP contribution in [0.3, 0.4) is 0 Å². The summed E-state index contributed by atoms with van der Waals surface area (Å²) in [7, 11) is 0. The van der Waals surface area contributed by atoms with Gasteiger partial charge in [0, 0.05) is 11.0 Å². The van der Waals surface area contributed by atoms with Crippen molar-refractivity contribution in [1.29, 1.82) is 0 Å². The van der Waals surface area contributed by atoms with Crippen LogP contribution in [-0.2, 0) is 5.75 Å². The zero-order valence-corrected chi connectivity index (χ0v) is 10.2. The molecule has 0 aliphatic rings. The summed E-state index contributed by atoms with van der Waals surface area (Å²) < 4.78 is 12.9. The van der Waals surface area contributed by atoms with Gasteiger partial charge in [-0.25, -0.2) is 4.39 Å². The molecule has 15 heavy (non-hydrogen) atoms. The fraction of sp³-hybridized carbons (Fsp3) is 0.455. The quantitative estimate of drug-likeness (QED) is 0.863. The lowest BCUT2D eigenvalue weighted by atomic mass is 10.2. The molecule has 0 heterocycles. The Morgan fingerprint density at radius 3 is 2.87 bits per heavy atom. The first-order valence-corrected chi connectivity index (χ1v) is 6.31. The molecule has 1 aromatic carbocycles. The zero-order chi connectivity index (χ0) is 11.3. The molecule has 2 N–H and O–H groups in total. The Bertz CT molecular complexity index is 319. The molecule has 0 aliphatic carbocycles. The smallest absolute Gasteiger partial charge is 0.141 e. The maximum Gasteiger partial charge on any atom is 0.141 e. The molecule has 0 fully saturated rings. The van der Waals surface area contributed by atoms with E-state index in [9.17, 15) is 4.39 Å². The van der Waals surface area contributed by atoms with Gasteiger partial charge < -0.3 is 5.73 Å². The highest BCUT2D eigenvalue weighted by Crippen LogP contribution is 2.23. The van der Waals surface area contributed by atoms with Crippen LogP contribution in [0.25, 0.3) is 0 Å². The molecule has 0 spiro atoms. The number of nitrogens with two attached hydrogens (primary N) is 1. The summed E-state index contributed by atoms with van der Waals surface area (Å²) in [4.78, 5) is 0. The molecule has 1 aromatic rings. The lowest BCUT2D eigenvalue weighted by Gasteiger charge is -2.09. The molecule has 1 nitrogen and oxygen atoms in total. The third-order valence-corrected chi connectivity index (χ3v) is 3.69. The molecule has 0 saturated heterocycles. The number of hydrogen-bond donors (Lipinski definition) is 1. The second-order valence-electron chi connectivity index (χ2n) is 3.45. The van der Waals surface area contributed by atoms with Crippen LogP contribution < -0.4 is 5.73 Å². The third-order valence-electron chi connectivity index (χ3n) is 2.09. The fourth-order valence-electron chi connectivity index (χ4n) is 1.19. The van der Waals surface area contributed by atoms with Crippen LogP contribution in [0.4, 0.5) is 4.39 Å². The van der Waals surface area contributed by atoms with Crippen molar-refractivity contribution in [3.05, 3.63) is 34.6 Å². The van der Waals surface area contributed by atoms with E-state index in [1.807, 2.05) is 11.8 Å². The van der Waals surface area contributed by atoms with Gasteiger partial charge in [-0.1, -0.05) is 24.6 Å². The van der Waals surface area contributed by atoms with E-state index < -0.39 is 0 Å². The van der Waals surface area contributed by atoms with Gasteiger partial charge in [0.1, 0.15) is 5.82 Å². The standard InChI is InChI=1S/C11H15ClFNS/c1-8(4-5-14)15-7-9-2-3-11(13)10(12)6-9/h2-3,6,8H,4-5,7,14H2,1H3. The van der Waals surface area contributed by atoms with Crippen LogP contribution in [0.1, 0.15) is 18.9 Å². The van der Waals surface area contributed by atoms with Crippen LogP contribution in [-0.4, -0.2) is 11.8 Å². The number of hydrogen-bond acceptors (Lipinski definition) is 2. The van der Waals surface area contributed by atoms with Crippen molar-refractivity contribution in [3.8, 4) is 0 Å². The number of benzene rings is 1. The summed E-state index contributed by atoms with van der Waals surface area (Å²) in [5.74, 6) is 0.488. The first-order chi connectivity index (χ1) is 7.13. The van der Waals surface area contributed by atoms with E-state index in [-0.39, 0.29) is 10.8 Å². The van der Waals surface area contributed by atoms with E-state index in [0.717, 1.165) is 17.7 Å². The van der Waals surface area contributed by atoms with Gasteiger partial charge in [0.2, 0.25) is 0 Å². The van der Waals surface area contributed by atoms with Gasteiger partial charge in [-0.2, -0.15) is 11.8 Å². The lowest BCUT2D eigenvalue weighted by Crippen LogP contribution is -2.07. The molecule has 1 rings (SSSR count). The van der Waals surface area contributed by atoms with Crippen molar-refractivity contribution >= 4 is 23.4 Å². The van der Waals surface area contributed by atoms with E-state index in [1.54, 1.807) is 12.1 Å². The second kappa shape index (κ2) is 6.36. The summed E-state index contributed by atoms with van der Waals surface area (Å²) in [6, 6.07) is 4.86. The molecule has 4 heteroatoms. The summed E-state index contributed by atoms with van der Waals surface area (Å²) in [6.07, 6.45) is 1.000. The second-order valence-corrected chi connectivity index (χ2v) is 5.28. The van der Waals surface area contributed by atoms with Crippen molar-refractivity contribution in [2.24, 2.45) is 5.73 Å². The maximum atomic E-state index is 12.9. The van der Waals surface area contributed by atoms with E-state index >= 15 is 0 Å². The van der Waals surface area contributed by atoms with Crippen molar-refractivity contribution in [1.82, 2.24) is 0 Å². The SMILES string of the molecule is CC(CCN)SCc1ccc(F)c(Cl)c1. The van der Waals surface area contributed by atoms with Crippen molar-refractivity contribution in [3.63, 3.8) is 0 Å². The van der Waals surface area contributed by atoms with Gasteiger partial charge in [0.05, 0.1) is 5.02 Å². The van der Waals surface area contributed by atoms with Crippen LogP contribution in [0, 0.1) is 5.82 Å². The highest BCUT2D eigenvalue weighted by Gasteiger charge is 2.04. The Morgan fingerprint density at radius 1 is 1.53 bits per heavy atom. The number of rotatable bonds is 5. The van der Waals surface area contributed by atoms with E-state index in [1.165, 1.54) is 6.07 Å². The summed E-state index contributed by atoms with van der Waals surface area (Å²) in [5, 5.41) is 0.721. The third kappa shape index (κ3) is 4.41. The van der Waals surface area contributed by atoms with Gasteiger partial charge >= 0.3 is 0 Å². The molecule has 84 valence electrons. The molecule has 1 atom stereocenters. The van der Waals surface area contributed by atoms with Crippen LogP contribution >= 0.6 is 23.4 Å². The molecule has 1 unspecified atom stereocenters. The fourth-order valence-corrected chi connectivity index (χ4v) is 2.35. The maximum absolute atomic E-state index is 12.9. The van der Waals surface area contributed by atoms with E-state index in [4.69, 9.17) is 17.3 Å². The first kappa shape index (κ1) is 12.8.